The van der Waals surface area contributed by atoms with Crippen LogP contribution in [0.2, 0.25) is 0 Å². The summed E-state index contributed by atoms with van der Waals surface area (Å²) in [5.41, 5.74) is 7.53. The number of pyridine rings is 1. The SMILES string of the molecule is CC1C(NC(=O)COCC2CC2)NNC1c1ccncc1. The van der Waals surface area contributed by atoms with Gasteiger partial charge < -0.3 is 10.1 Å². The summed E-state index contributed by atoms with van der Waals surface area (Å²) in [5.74, 6) is 0.844. The molecule has 0 radical (unpaired) electrons. The second-order valence-electron chi connectivity index (χ2n) is 5.91. The van der Waals surface area contributed by atoms with Crippen LogP contribution in [0.5, 0.6) is 0 Å². The molecular weight excluding hydrogens is 268 g/mol. The van der Waals surface area contributed by atoms with Crippen molar-refractivity contribution in [2.45, 2.75) is 32.0 Å². The number of hydrogen-bond donors (Lipinski definition) is 3. The van der Waals surface area contributed by atoms with Crippen molar-refractivity contribution in [1.29, 1.82) is 0 Å². The molecule has 2 aliphatic rings. The van der Waals surface area contributed by atoms with Gasteiger partial charge in [-0.25, -0.2) is 10.9 Å². The number of nitrogens with one attached hydrogen (secondary N) is 3. The van der Waals surface area contributed by atoms with Crippen molar-refractivity contribution >= 4 is 5.91 Å². The van der Waals surface area contributed by atoms with Crippen LogP contribution in [0.1, 0.15) is 31.4 Å². The molecule has 2 fully saturated rings. The molecule has 1 saturated carbocycles. The minimum atomic E-state index is -0.0970. The lowest BCUT2D eigenvalue weighted by molar-refractivity contribution is -0.127. The van der Waals surface area contributed by atoms with Crippen molar-refractivity contribution < 1.29 is 9.53 Å². The Morgan fingerprint density at radius 3 is 2.86 bits per heavy atom. The van der Waals surface area contributed by atoms with E-state index >= 15 is 0 Å². The summed E-state index contributed by atoms with van der Waals surface area (Å²) in [7, 11) is 0. The first-order valence-corrected chi connectivity index (χ1v) is 7.52. The quantitative estimate of drug-likeness (QED) is 0.720. The molecular formula is C15H22N4O2. The lowest BCUT2D eigenvalue weighted by Crippen LogP contribution is -2.47. The molecule has 1 aliphatic heterocycles. The molecule has 3 atom stereocenters. The van der Waals surface area contributed by atoms with Crippen molar-refractivity contribution in [1.82, 2.24) is 21.2 Å². The Morgan fingerprint density at radius 1 is 1.38 bits per heavy atom. The third-order valence-electron chi connectivity index (χ3n) is 4.11. The monoisotopic (exact) mass is 290 g/mol. The zero-order valence-corrected chi connectivity index (χ0v) is 12.2. The van der Waals surface area contributed by atoms with Crippen molar-refractivity contribution in [3.8, 4) is 0 Å². The molecule has 1 amide bonds. The molecule has 1 saturated heterocycles. The predicted octanol–water partition coefficient (Wildman–Crippen LogP) is 0.736. The number of rotatable bonds is 6. The Bertz CT molecular complexity index is 478. The molecule has 6 nitrogen and oxygen atoms in total. The van der Waals surface area contributed by atoms with Crippen molar-refractivity contribution in [2.24, 2.45) is 11.8 Å². The molecule has 114 valence electrons. The van der Waals surface area contributed by atoms with Gasteiger partial charge in [0, 0.05) is 18.3 Å². The van der Waals surface area contributed by atoms with Gasteiger partial charge in [-0.05, 0) is 36.5 Å². The highest BCUT2D eigenvalue weighted by Crippen LogP contribution is 2.29. The van der Waals surface area contributed by atoms with E-state index in [-0.39, 0.29) is 30.6 Å². The molecule has 1 aromatic heterocycles. The average molecular weight is 290 g/mol. The minimum absolute atomic E-state index is 0.0721. The molecule has 21 heavy (non-hydrogen) atoms. The molecule has 2 heterocycles. The number of carbonyl (C=O) groups excluding carboxylic acids is 1. The zero-order chi connectivity index (χ0) is 14.7. The maximum absolute atomic E-state index is 11.9. The van der Waals surface area contributed by atoms with Crippen LogP contribution < -0.4 is 16.2 Å². The van der Waals surface area contributed by atoms with Crippen LogP contribution >= 0.6 is 0 Å². The second kappa shape index (κ2) is 6.51. The number of hydrogen-bond acceptors (Lipinski definition) is 5. The minimum Gasteiger partial charge on any atom is -0.371 e. The van der Waals surface area contributed by atoms with Gasteiger partial charge in [-0.2, -0.15) is 0 Å². The van der Waals surface area contributed by atoms with E-state index in [2.05, 4.69) is 28.1 Å². The molecule has 3 rings (SSSR count). The van der Waals surface area contributed by atoms with E-state index < -0.39 is 0 Å². The Kier molecular flexibility index (Phi) is 4.48. The normalized spacial score (nSPS) is 28.5. The Balaban J connectivity index is 1.46. The fourth-order valence-corrected chi connectivity index (χ4v) is 2.58. The van der Waals surface area contributed by atoms with E-state index in [4.69, 9.17) is 4.74 Å². The van der Waals surface area contributed by atoms with E-state index in [9.17, 15) is 4.79 Å². The van der Waals surface area contributed by atoms with Crippen molar-refractivity contribution in [2.75, 3.05) is 13.2 Å². The number of hydrazine groups is 1. The molecule has 1 aromatic rings. The third-order valence-corrected chi connectivity index (χ3v) is 4.11. The van der Waals surface area contributed by atoms with Gasteiger partial charge in [0.25, 0.3) is 0 Å². The number of aromatic nitrogens is 1. The number of nitrogens with zero attached hydrogens (tertiary/aromatic N) is 1. The van der Waals surface area contributed by atoms with E-state index in [0.29, 0.717) is 12.5 Å². The molecule has 0 aromatic carbocycles. The first kappa shape index (κ1) is 14.4. The predicted molar refractivity (Wildman–Crippen MR) is 77.9 cm³/mol. The summed E-state index contributed by atoms with van der Waals surface area (Å²) in [5, 5.41) is 2.97. The maximum atomic E-state index is 11.9. The summed E-state index contributed by atoms with van der Waals surface area (Å²) in [6.45, 7) is 2.95. The van der Waals surface area contributed by atoms with E-state index in [0.717, 1.165) is 5.56 Å². The van der Waals surface area contributed by atoms with E-state index in [1.165, 1.54) is 12.8 Å². The van der Waals surface area contributed by atoms with E-state index in [1.54, 1.807) is 12.4 Å². The van der Waals surface area contributed by atoms with Crippen LogP contribution in [0, 0.1) is 11.8 Å². The number of amides is 1. The summed E-state index contributed by atoms with van der Waals surface area (Å²) >= 11 is 0. The van der Waals surface area contributed by atoms with Crippen LogP contribution in [0.25, 0.3) is 0 Å². The highest BCUT2D eigenvalue weighted by Gasteiger charge is 2.34. The number of carbonyl (C=O) groups is 1. The fraction of sp³-hybridized carbons (Fsp3) is 0.600. The zero-order valence-electron chi connectivity index (χ0n) is 12.2. The van der Waals surface area contributed by atoms with E-state index in [1.807, 2.05) is 12.1 Å². The topological polar surface area (TPSA) is 75.3 Å². The summed E-state index contributed by atoms with van der Waals surface area (Å²) < 4.78 is 5.41. The molecule has 3 N–H and O–H groups in total. The molecule has 1 aliphatic carbocycles. The van der Waals surface area contributed by atoms with Crippen molar-refractivity contribution in [3.05, 3.63) is 30.1 Å². The highest BCUT2D eigenvalue weighted by molar-refractivity contribution is 5.77. The first-order valence-electron chi connectivity index (χ1n) is 7.52. The number of ether oxygens (including phenoxy) is 1. The largest absolute Gasteiger partial charge is 0.371 e. The molecule has 6 heteroatoms. The van der Waals surface area contributed by atoms with Gasteiger partial charge >= 0.3 is 0 Å². The van der Waals surface area contributed by atoms with Gasteiger partial charge in [0.15, 0.2) is 0 Å². The fourth-order valence-electron chi connectivity index (χ4n) is 2.58. The Labute approximate surface area is 124 Å². The van der Waals surface area contributed by atoms with Gasteiger partial charge in [-0.3, -0.25) is 9.78 Å². The van der Waals surface area contributed by atoms with Gasteiger partial charge in [0.2, 0.25) is 5.91 Å². The Hall–Kier alpha value is -1.50. The smallest absolute Gasteiger partial charge is 0.247 e. The summed E-state index contributed by atoms with van der Waals surface area (Å²) in [6.07, 6.45) is 5.93. The Morgan fingerprint density at radius 2 is 2.14 bits per heavy atom. The van der Waals surface area contributed by atoms with Crippen LogP contribution in [0.4, 0.5) is 0 Å². The standard InChI is InChI=1S/C15H22N4O2/c1-10-14(12-4-6-16-7-5-12)18-19-15(10)17-13(20)9-21-8-11-2-3-11/h4-7,10-11,14-15,18-19H,2-3,8-9H2,1H3,(H,17,20). The van der Waals surface area contributed by atoms with Crippen molar-refractivity contribution in [3.63, 3.8) is 0 Å². The third kappa shape index (κ3) is 3.78. The average Bonchev–Trinajstić information content (AvgIpc) is 3.25. The lowest BCUT2D eigenvalue weighted by atomic mass is 9.95. The van der Waals surface area contributed by atoms with Gasteiger partial charge in [0.1, 0.15) is 6.61 Å². The maximum Gasteiger partial charge on any atom is 0.247 e. The summed E-state index contributed by atoms with van der Waals surface area (Å²) in [4.78, 5) is 15.9. The van der Waals surface area contributed by atoms with Crippen LogP contribution in [-0.2, 0) is 9.53 Å². The first-order chi connectivity index (χ1) is 10.2. The van der Waals surface area contributed by atoms with Crippen LogP contribution in [0.3, 0.4) is 0 Å². The highest BCUT2D eigenvalue weighted by atomic mass is 16.5. The van der Waals surface area contributed by atoms with Crippen LogP contribution in [0.15, 0.2) is 24.5 Å². The molecule has 0 spiro atoms. The summed E-state index contributed by atoms with van der Waals surface area (Å²) in [6, 6.07) is 4.13. The molecule has 3 unspecified atom stereocenters. The van der Waals surface area contributed by atoms with Gasteiger partial charge in [-0.1, -0.05) is 6.92 Å². The molecule has 0 bridgehead atoms. The van der Waals surface area contributed by atoms with Gasteiger partial charge in [0.05, 0.1) is 18.8 Å². The lowest BCUT2D eigenvalue weighted by Gasteiger charge is -2.19. The van der Waals surface area contributed by atoms with Gasteiger partial charge in [-0.15, -0.1) is 0 Å². The second-order valence-corrected chi connectivity index (χ2v) is 5.91. The van der Waals surface area contributed by atoms with Crippen LogP contribution in [-0.4, -0.2) is 30.3 Å².